The van der Waals surface area contributed by atoms with Crippen LogP contribution in [0, 0.1) is 0 Å². The fourth-order valence-electron chi connectivity index (χ4n) is 3.94. The van der Waals surface area contributed by atoms with Crippen LogP contribution in [0.15, 0.2) is 78.9 Å². The summed E-state index contributed by atoms with van der Waals surface area (Å²) in [5.74, 6) is 0. The molecular formula is C24H24ClNO2. The summed E-state index contributed by atoms with van der Waals surface area (Å²) < 4.78 is 6.38. The third-order valence-electron chi connectivity index (χ3n) is 5.35. The van der Waals surface area contributed by atoms with Gasteiger partial charge in [0.2, 0.25) is 0 Å². The predicted molar refractivity (Wildman–Crippen MR) is 113 cm³/mol. The smallest absolute Gasteiger partial charge is 0.109 e. The van der Waals surface area contributed by atoms with Crippen LogP contribution in [0.5, 0.6) is 0 Å². The van der Waals surface area contributed by atoms with E-state index in [9.17, 15) is 5.11 Å². The molecule has 2 N–H and O–H groups in total. The first-order chi connectivity index (χ1) is 13.7. The zero-order valence-electron chi connectivity index (χ0n) is 15.6. The van der Waals surface area contributed by atoms with Crippen LogP contribution in [0.25, 0.3) is 11.1 Å². The summed E-state index contributed by atoms with van der Waals surface area (Å²) in [6, 6.07) is 25.9. The first-order valence-electron chi connectivity index (χ1n) is 9.61. The number of morpholine rings is 1. The summed E-state index contributed by atoms with van der Waals surface area (Å²) in [5.41, 5.74) is 3.56. The van der Waals surface area contributed by atoms with Gasteiger partial charge in [-0.25, -0.2) is 0 Å². The van der Waals surface area contributed by atoms with E-state index in [2.05, 4.69) is 17.4 Å². The molecule has 28 heavy (non-hydrogen) atoms. The summed E-state index contributed by atoms with van der Waals surface area (Å²) in [6.45, 7) is 2.07. The highest BCUT2D eigenvalue weighted by molar-refractivity contribution is 6.30. The van der Waals surface area contributed by atoms with Crippen molar-refractivity contribution in [1.29, 1.82) is 0 Å². The van der Waals surface area contributed by atoms with Crippen molar-refractivity contribution >= 4 is 11.6 Å². The normalized spacial score (nSPS) is 20.6. The van der Waals surface area contributed by atoms with Gasteiger partial charge in [-0.1, -0.05) is 78.3 Å². The molecule has 1 aliphatic heterocycles. The molecule has 0 aliphatic carbocycles. The number of hydrogen-bond donors (Lipinski definition) is 2. The maximum Gasteiger partial charge on any atom is 0.109 e. The Morgan fingerprint density at radius 2 is 1.68 bits per heavy atom. The third-order valence-corrected chi connectivity index (χ3v) is 5.60. The van der Waals surface area contributed by atoms with Crippen LogP contribution in [0.4, 0.5) is 0 Å². The maximum absolute atomic E-state index is 11.0. The van der Waals surface area contributed by atoms with Crippen molar-refractivity contribution in [1.82, 2.24) is 5.32 Å². The maximum atomic E-state index is 11.0. The van der Waals surface area contributed by atoms with Crippen molar-refractivity contribution in [3.05, 3.63) is 95.0 Å². The number of hydrogen-bond acceptors (Lipinski definition) is 3. The Morgan fingerprint density at radius 3 is 2.39 bits per heavy atom. The fraction of sp³-hybridized carbons (Fsp3) is 0.250. The van der Waals surface area contributed by atoms with Gasteiger partial charge in [0, 0.05) is 24.5 Å². The molecule has 4 rings (SSSR count). The van der Waals surface area contributed by atoms with Crippen LogP contribution in [0.2, 0.25) is 5.02 Å². The van der Waals surface area contributed by atoms with E-state index >= 15 is 0 Å². The second kappa shape index (κ2) is 8.46. The first-order valence-corrected chi connectivity index (χ1v) is 9.99. The van der Waals surface area contributed by atoms with Crippen molar-refractivity contribution in [2.45, 2.75) is 18.1 Å². The van der Waals surface area contributed by atoms with Crippen molar-refractivity contribution in [2.24, 2.45) is 0 Å². The lowest BCUT2D eigenvalue weighted by Crippen LogP contribution is -2.48. The van der Waals surface area contributed by atoms with Crippen LogP contribution in [0.1, 0.15) is 23.7 Å². The van der Waals surface area contributed by atoms with Crippen molar-refractivity contribution in [3.63, 3.8) is 0 Å². The van der Waals surface area contributed by atoms with Crippen LogP contribution in [-0.2, 0) is 10.3 Å². The molecule has 0 amide bonds. The molecule has 3 aromatic rings. The van der Waals surface area contributed by atoms with Crippen molar-refractivity contribution in [3.8, 4) is 11.1 Å². The summed E-state index contributed by atoms with van der Waals surface area (Å²) in [6.07, 6.45) is -0.131. The van der Waals surface area contributed by atoms with Gasteiger partial charge in [0.15, 0.2) is 0 Å². The zero-order valence-corrected chi connectivity index (χ0v) is 16.4. The number of ether oxygens (including phenoxy) is 1. The molecule has 0 bridgehead atoms. The fourth-order valence-corrected chi connectivity index (χ4v) is 4.07. The molecular weight excluding hydrogens is 370 g/mol. The minimum Gasteiger partial charge on any atom is -0.388 e. The Morgan fingerprint density at radius 1 is 0.964 bits per heavy atom. The molecule has 2 atom stereocenters. The lowest BCUT2D eigenvalue weighted by Gasteiger charge is -2.41. The summed E-state index contributed by atoms with van der Waals surface area (Å²) in [5, 5.41) is 15.1. The number of halogens is 1. The Kier molecular flexibility index (Phi) is 5.79. The average molecular weight is 394 g/mol. The van der Waals surface area contributed by atoms with E-state index in [4.69, 9.17) is 16.3 Å². The Labute approximate surface area is 170 Å². The van der Waals surface area contributed by atoms with Gasteiger partial charge in [-0.15, -0.1) is 0 Å². The topological polar surface area (TPSA) is 41.5 Å². The minimum atomic E-state index is -0.612. The van der Waals surface area contributed by atoms with E-state index in [-0.39, 0.29) is 0 Å². The van der Waals surface area contributed by atoms with E-state index in [0.717, 1.165) is 28.8 Å². The second-order valence-corrected chi connectivity index (χ2v) is 7.64. The van der Waals surface area contributed by atoms with E-state index in [1.54, 1.807) is 0 Å². The van der Waals surface area contributed by atoms with Crippen LogP contribution < -0.4 is 5.32 Å². The molecule has 0 saturated carbocycles. The van der Waals surface area contributed by atoms with Gasteiger partial charge in [0.1, 0.15) is 5.60 Å². The molecule has 0 radical (unpaired) electrons. The third kappa shape index (κ3) is 3.98. The lowest BCUT2D eigenvalue weighted by molar-refractivity contribution is -0.0972. The second-order valence-electron chi connectivity index (χ2n) is 7.20. The van der Waals surface area contributed by atoms with Gasteiger partial charge < -0.3 is 15.2 Å². The molecule has 2 unspecified atom stereocenters. The quantitative estimate of drug-likeness (QED) is 0.644. The number of aliphatic hydroxyl groups excluding tert-OH is 1. The van der Waals surface area contributed by atoms with Gasteiger partial charge in [-0.2, -0.15) is 0 Å². The Hall–Kier alpha value is -2.17. The molecule has 144 valence electrons. The number of rotatable bonds is 5. The molecule has 1 fully saturated rings. The molecule has 1 saturated heterocycles. The predicted octanol–water partition coefficient (Wildman–Crippen LogP) is 4.95. The molecule has 3 aromatic carbocycles. The van der Waals surface area contributed by atoms with Crippen molar-refractivity contribution < 1.29 is 9.84 Å². The molecule has 0 aromatic heterocycles. The standard InChI is InChI=1S/C24H24ClNO2/c25-20-12-10-18(11-13-20)21-8-4-5-9-22(21)24(17-26-14-15-28-24)16-23(27)19-6-2-1-3-7-19/h1-13,23,26-27H,14-17H2. The molecule has 0 spiro atoms. The van der Waals surface area contributed by atoms with Gasteiger partial charge in [0.25, 0.3) is 0 Å². The Bertz CT molecular complexity index is 905. The highest BCUT2D eigenvalue weighted by atomic mass is 35.5. The first kappa shape index (κ1) is 19.2. The highest BCUT2D eigenvalue weighted by Crippen LogP contribution is 2.41. The van der Waals surface area contributed by atoms with Gasteiger partial charge >= 0.3 is 0 Å². The zero-order chi connectivity index (χ0) is 19.4. The molecule has 4 heteroatoms. The van der Waals surface area contributed by atoms with Crippen LogP contribution >= 0.6 is 11.6 Å². The number of benzene rings is 3. The van der Waals surface area contributed by atoms with E-state index in [1.165, 1.54) is 0 Å². The lowest BCUT2D eigenvalue weighted by atomic mass is 9.81. The van der Waals surface area contributed by atoms with Gasteiger partial charge in [-0.3, -0.25) is 0 Å². The SMILES string of the molecule is OC(CC1(c2ccccc2-c2ccc(Cl)cc2)CNCCO1)c1ccccc1. The minimum absolute atomic E-state index is 0.481. The average Bonchev–Trinajstić information content (AvgIpc) is 2.75. The molecule has 1 heterocycles. The van der Waals surface area contributed by atoms with E-state index in [1.807, 2.05) is 66.7 Å². The number of nitrogens with one attached hydrogen (secondary N) is 1. The van der Waals surface area contributed by atoms with E-state index in [0.29, 0.717) is 24.6 Å². The molecule has 3 nitrogen and oxygen atoms in total. The van der Waals surface area contributed by atoms with Gasteiger partial charge in [0.05, 0.1) is 12.7 Å². The van der Waals surface area contributed by atoms with Crippen LogP contribution in [0.3, 0.4) is 0 Å². The highest BCUT2D eigenvalue weighted by Gasteiger charge is 2.39. The largest absolute Gasteiger partial charge is 0.388 e. The van der Waals surface area contributed by atoms with Crippen LogP contribution in [-0.4, -0.2) is 24.8 Å². The Balaban J connectivity index is 1.75. The van der Waals surface area contributed by atoms with Gasteiger partial charge in [-0.05, 0) is 34.4 Å². The summed E-state index contributed by atoms with van der Waals surface area (Å²) >= 11 is 6.08. The summed E-state index contributed by atoms with van der Waals surface area (Å²) in [4.78, 5) is 0. The number of aliphatic hydroxyl groups is 1. The van der Waals surface area contributed by atoms with E-state index < -0.39 is 11.7 Å². The molecule has 1 aliphatic rings. The summed E-state index contributed by atoms with van der Waals surface area (Å²) in [7, 11) is 0. The van der Waals surface area contributed by atoms with Crippen molar-refractivity contribution in [2.75, 3.05) is 19.7 Å². The monoisotopic (exact) mass is 393 g/mol.